The number of aromatic nitrogens is 2. The molecule has 0 aromatic carbocycles. The Bertz CT molecular complexity index is 406. The van der Waals surface area contributed by atoms with E-state index >= 15 is 0 Å². The molecular weight excluding hydrogens is 260 g/mol. The van der Waals surface area contributed by atoms with E-state index in [1.54, 1.807) is 0 Å². The second-order valence-electron chi connectivity index (χ2n) is 5.01. The number of anilines is 2. The number of likely N-dealkylation sites (N-methyl/N-ethyl adjacent to an activating group) is 1. The Morgan fingerprint density at radius 3 is 2.47 bits per heavy atom. The predicted molar refractivity (Wildman–Crippen MR) is 80.5 cm³/mol. The molecule has 19 heavy (non-hydrogen) atoms. The van der Waals surface area contributed by atoms with Gasteiger partial charge in [0, 0.05) is 31.2 Å². The lowest BCUT2D eigenvalue weighted by molar-refractivity contribution is 0.169. The molecule has 106 valence electrons. The predicted octanol–water partition coefficient (Wildman–Crippen LogP) is 1.01. The van der Waals surface area contributed by atoms with E-state index in [4.69, 9.17) is 5.84 Å². The van der Waals surface area contributed by atoms with Gasteiger partial charge in [0.2, 0.25) is 0 Å². The van der Waals surface area contributed by atoms with Gasteiger partial charge in [-0.15, -0.1) is 0 Å². The van der Waals surface area contributed by atoms with Crippen LogP contribution in [0.4, 0.5) is 11.6 Å². The zero-order chi connectivity index (χ0) is 14.0. The zero-order valence-corrected chi connectivity index (χ0v) is 12.7. The van der Waals surface area contributed by atoms with Crippen LogP contribution < -0.4 is 16.2 Å². The van der Waals surface area contributed by atoms with E-state index in [9.17, 15) is 0 Å². The van der Waals surface area contributed by atoms with Crippen molar-refractivity contribution >= 4 is 23.4 Å². The number of piperazine rings is 1. The van der Waals surface area contributed by atoms with Crippen molar-refractivity contribution in [2.75, 3.05) is 36.7 Å². The van der Waals surface area contributed by atoms with Crippen LogP contribution >= 0.6 is 11.8 Å². The molecule has 2 atom stereocenters. The van der Waals surface area contributed by atoms with Gasteiger partial charge in [0.15, 0.2) is 5.16 Å². The van der Waals surface area contributed by atoms with Crippen LogP contribution in [0.2, 0.25) is 0 Å². The number of rotatable bonds is 3. The lowest BCUT2D eigenvalue weighted by Crippen LogP contribution is -2.55. The lowest BCUT2D eigenvalue weighted by Gasteiger charge is -2.43. The van der Waals surface area contributed by atoms with Crippen molar-refractivity contribution in [3.63, 3.8) is 0 Å². The van der Waals surface area contributed by atoms with Gasteiger partial charge in [-0.3, -0.25) is 4.90 Å². The minimum Gasteiger partial charge on any atom is -0.353 e. The maximum absolute atomic E-state index is 5.47. The van der Waals surface area contributed by atoms with E-state index < -0.39 is 0 Å². The van der Waals surface area contributed by atoms with E-state index in [0.29, 0.717) is 17.9 Å². The molecule has 0 amide bonds. The third-order valence-electron chi connectivity index (χ3n) is 3.71. The average molecular weight is 282 g/mol. The number of hydrogen-bond acceptors (Lipinski definition) is 7. The van der Waals surface area contributed by atoms with Crippen molar-refractivity contribution < 1.29 is 0 Å². The third-order valence-corrected chi connectivity index (χ3v) is 4.25. The van der Waals surface area contributed by atoms with Crippen molar-refractivity contribution in [2.45, 2.75) is 31.1 Å². The fourth-order valence-corrected chi connectivity index (χ4v) is 2.71. The summed E-state index contributed by atoms with van der Waals surface area (Å²) in [6.07, 6.45) is 1.97. The van der Waals surface area contributed by atoms with Crippen molar-refractivity contribution in [3.8, 4) is 0 Å². The quantitative estimate of drug-likeness (QED) is 0.371. The van der Waals surface area contributed by atoms with Gasteiger partial charge in [-0.05, 0) is 27.2 Å². The van der Waals surface area contributed by atoms with Crippen LogP contribution in [0.3, 0.4) is 0 Å². The second kappa shape index (κ2) is 5.94. The molecule has 2 unspecified atom stereocenters. The molecule has 0 saturated carbocycles. The van der Waals surface area contributed by atoms with Crippen molar-refractivity contribution in [1.29, 1.82) is 0 Å². The fourth-order valence-electron chi connectivity index (χ4n) is 2.33. The molecule has 1 aliphatic rings. The Kier molecular flexibility index (Phi) is 4.49. The molecule has 1 fully saturated rings. The highest BCUT2D eigenvalue weighted by Crippen LogP contribution is 2.23. The standard InChI is InChI=1S/C12H22N6S/c1-8-6-18(7-9(2)17(8)3)11-5-10(16-13)14-12(15-11)19-4/h5,8-9H,6-7,13H2,1-4H3,(H,14,15,16). The second-order valence-corrected chi connectivity index (χ2v) is 5.78. The highest BCUT2D eigenvalue weighted by Gasteiger charge is 2.27. The summed E-state index contributed by atoms with van der Waals surface area (Å²) in [6.45, 7) is 6.41. The Balaban J connectivity index is 2.26. The first-order valence-corrected chi connectivity index (χ1v) is 7.64. The summed E-state index contributed by atoms with van der Waals surface area (Å²) in [4.78, 5) is 13.6. The van der Waals surface area contributed by atoms with Gasteiger partial charge in [0.05, 0.1) is 0 Å². The summed E-state index contributed by atoms with van der Waals surface area (Å²) < 4.78 is 0. The van der Waals surface area contributed by atoms with Crippen LogP contribution in [0, 0.1) is 0 Å². The normalized spacial score (nSPS) is 24.6. The molecule has 7 heteroatoms. The van der Waals surface area contributed by atoms with Crippen LogP contribution in [0.1, 0.15) is 13.8 Å². The lowest BCUT2D eigenvalue weighted by atomic mass is 10.1. The minimum atomic E-state index is 0.505. The summed E-state index contributed by atoms with van der Waals surface area (Å²) in [5.74, 6) is 7.08. The van der Waals surface area contributed by atoms with Crippen molar-refractivity contribution in [3.05, 3.63) is 6.07 Å². The summed E-state index contributed by atoms with van der Waals surface area (Å²) in [5, 5.41) is 0.740. The zero-order valence-electron chi connectivity index (χ0n) is 11.9. The summed E-state index contributed by atoms with van der Waals surface area (Å²) in [5.41, 5.74) is 2.61. The van der Waals surface area contributed by atoms with E-state index in [-0.39, 0.29) is 0 Å². The monoisotopic (exact) mass is 282 g/mol. The van der Waals surface area contributed by atoms with Crippen LogP contribution in [0.5, 0.6) is 0 Å². The summed E-state index contributed by atoms with van der Waals surface area (Å²) >= 11 is 1.52. The molecule has 0 spiro atoms. The Hall–Kier alpha value is -1.05. The average Bonchev–Trinajstić information content (AvgIpc) is 2.43. The summed E-state index contributed by atoms with van der Waals surface area (Å²) in [6, 6.07) is 2.92. The van der Waals surface area contributed by atoms with Crippen LogP contribution in [-0.4, -0.2) is 53.3 Å². The molecule has 2 rings (SSSR count). The summed E-state index contributed by atoms with van der Waals surface area (Å²) in [7, 11) is 2.17. The van der Waals surface area contributed by atoms with E-state index in [1.807, 2.05) is 12.3 Å². The van der Waals surface area contributed by atoms with Gasteiger partial charge in [-0.1, -0.05) is 11.8 Å². The highest BCUT2D eigenvalue weighted by molar-refractivity contribution is 7.98. The Morgan fingerprint density at radius 1 is 1.32 bits per heavy atom. The van der Waals surface area contributed by atoms with Gasteiger partial charge in [0.25, 0.3) is 0 Å². The largest absolute Gasteiger partial charge is 0.353 e. The number of nitrogen functional groups attached to an aromatic ring is 1. The van der Waals surface area contributed by atoms with Gasteiger partial charge >= 0.3 is 0 Å². The molecule has 3 N–H and O–H groups in total. The minimum absolute atomic E-state index is 0.505. The fraction of sp³-hybridized carbons (Fsp3) is 0.667. The topological polar surface area (TPSA) is 70.3 Å². The molecule has 0 bridgehead atoms. The SMILES string of the molecule is CSc1nc(NN)cc(N2CC(C)N(C)C(C)C2)n1. The number of hydrogen-bond donors (Lipinski definition) is 2. The van der Waals surface area contributed by atoms with Gasteiger partial charge in [-0.2, -0.15) is 0 Å². The number of thioether (sulfide) groups is 1. The maximum Gasteiger partial charge on any atom is 0.191 e. The Morgan fingerprint density at radius 2 is 1.95 bits per heavy atom. The first-order chi connectivity index (χ1) is 9.05. The number of nitrogens with two attached hydrogens (primary N) is 1. The molecule has 1 aliphatic heterocycles. The first kappa shape index (κ1) is 14.4. The van der Waals surface area contributed by atoms with Gasteiger partial charge in [-0.25, -0.2) is 15.8 Å². The molecule has 0 radical (unpaired) electrons. The molecular formula is C12H22N6S. The van der Waals surface area contributed by atoms with Crippen LogP contribution in [-0.2, 0) is 0 Å². The maximum atomic E-state index is 5.47. The molecule has 1 aromatic heterocycles. The molecule has 2 heterocycles. The van der Waals surface area contributed by atoms with Crippen molar-refractivity contribution in [2.24, 2.45) is 5.84 Å². The third kappa shape index (κ3) is 3.10. The molecule has 6 nitrogen and oxygen atoms in total. The number of hydrazine groups is 1. The van der Waals surface area contributed by atoms with Gasteiger partial charge < -0.3 is 10.3 Å². The van der Waals surface area contributed by atoms with Crippen LogP contribution in [0.15, 0.2) is 11.2 Å². The van der Waals surface area contributed by atoms with E-state index in [0.717, 1.165) is 24.1 Å². The molecule has 1 saturated heterocycles. The van der Waals surface area contributed by atoms with Crippen LogP contribution in [0.25, 0.3) is 0 Å². The van der Waals surface area contributed by atoms with E-state index in [1.165, 1.54) is 11.8 Å². The Labute approximate surface area is 118 Å². The van der Waals surface area contributed by atoms with Gasteiger partial charge in [0.1, 0.15) is 11.6 Å². The molecule has 0 aliphatic carbocycles. The van der Waals surface area contributed by atoms with Crippen molar-refractivity contribution in [1.82, 2.24) is 14.9 Å². The number of nitrogens with zero attached hydrogens (tertiary/aromatic N) is 4. The number of nitrogens with one attached hydrogen (secondary N) is 1. The van der Waals surface area contributed by atoms with E-state index in [2.05, 4.69) is 46.1 Å². The highest BCUT2D eigenvalue weighted by atomic mass is 32.2. The smallest absolute Gasteiger partial charge is 0.191 e. The first-order valence-electron chi connectivity index (χ1n) is 6.41. The molecule has 1 aromatic rings.